The van der Waals surface area contributed by atoms with Gasteiger partial charge in [-0.25, -0.2) is 27.8 Å². The van der Waals surface area contributed by atoms with Gasteiger partial charge in [-0.1, -0.05) is 35.9 Å². The van der Waals surface area contributed by atoms with Gasteiger partial charge in [-0.15, -0.1) is 10.2 Å². The molecule has 27 heavy (non-hydrogen) atoms. The number of benzene rings is 2. The van der Waals surface area contributed by atoms with Gasteiger partial charge in [-0.3, -0.25) is 0 Å². The molecule has 2 aromatic carbocycles. The van der Waals surface area contributed by atoms with Crippen LogP contribution in [0.1, 0.15) is 15.9 Å². The molecular formula is C19H15ClO7. The van der Waals surface area contributed by atoms with E-state index in [-0.39, 0.29) is 5.56 Å². The summed E-state index contributed by atoms with van der Waals surface area (Å²) in [4.78, 5) is 11.4. The van der Waals surface area contributed by atoms with E-state index in [4.69, 9.17) is 23.1 Å². The van der Waals surface area contributed by atoms with Crippen molar-refractivity contribution in [2.75, 3.05) is 0 Å². The molecule has 0 spiro atoms. The lowest BCUT2D eigenvalue weighted by atomic mass is 10.1. The minimum atomic E-state index is -4.94. The topological polar surface area (TPSA) is 141 Å². The van der Waals surface area contributed by atoms with Crippen molar-refractivity contribution in [3.8, 4) is 22.6 Å². The number of carboxylic acid groups (broad SMARTS) is 1. The molecule has 0 aliphatic heterocycles. The number of aryl methyl sites for hydroxylation is 1. The van der Waals surface area contributed by atoms with Crippen LogP contribution in [0.15, 0.2) is 71.1 Å². The lowest BCUT2D eigenvalue weighted by molar-refractivity contribution is -2.00. The maximum atomic E-state index is 11.4. The third-order valence-corrected chi connectivity index (χ3v) is 3.43. The monoisotopic (exact) mass is 390 g/mol. The summed E-state index contributed by atoms with van der Waals surface area (Å²) in [7, 11) is -4.94. The fourth-order valence-corrected chi connectivity index (χ4v) is 2.23. The molecule has 0 atom stereocenters. The minimum absolute atomic E-state index is 0.209. The van der Waals surface area contributed by atoms with Crippen LogP contribution in [0.3, 0.4) is 0 Å². The standard InChI is InChI=1S/C19H14O3.ClHO4/c1-13-7-9-15(10-8-13)18-12-16(19(20)21)11-17(22-18)14-5-3-2-4-6-14;2-1(3,4)5/h2-12H,1H3;(H,2,3,4,5). The summed E-state index contributed by atoms with van der Waals surface area (Å²) >= 11 is 0. The Bertz CT molecular complexity index is 898. The fraction of sp³-hybridized carbons (Fsp3) is 0.0526. The van der Waals surface area contributed by atoms with E-state index in [1.807, 2.05) is 61.5 Å². The highest BCUT2D eigenvalue weighted by Gasteiger charge is 2.22. The molecule has 3 aromatic rings. The largest absolute Gasteiger partial charge is 0.478 e. The van der Waals surface area contributed by atoms with Crippen molar-refractivity contribution in [2.45, 2.75) is 6.92 Å². The molecule has 1 N–H and O–H groups in total. The molecule has 0 radical (unpaired) electrons. The van der Waals surface area contributed by atoms with Crippen molar-refractivity contribution in [1.82, 2.24) is 0 Å². The van der Waals surface area contributed by atoms with Gasteiger partial charge in [-0.2, -0.15) is 0 Å². The van der Waals surface area contributed by atoms with Crippen molar-refractivity contribution in [2.24, 2.45) is 0 Å². The van der Waals surface area contributed by atoms with E-state index < -0.39 is 16.2 Å². The summed E-state index contributed by atoms with van der Waals surface area (Å²) < 4.78 is 39.9. The van der Waals surface area contributed by atoms with Gasteiger partial charge in [0.15, 0.2) is 0 Å². The molecule has 0 aliphatic rings. The first-order chi connectivity index (χ1) is 12.6. The molecule has 1 aromatic heterocycles. The molecule has 1 heterocycles. The van der Waals surface area contributed by atoms with E-state index >= 15 is 0 Å². The van der Waals surface area contributed by atoms with E-state index in [1.165, 1.54) is 0 Å². The van der Waals surface area contributed by atoms with E-state index in [2.05, 4.69) is 0 Å². The molecule has 8 heteroatoms. The van der Waals surface area contributed by atoms with Gasteiger partial charge in [0.1, 0.15) is 0 Å². The second-order valence-corrected chi connectivity index (χ2v) is 6.25. The SMILES string of the molecule is Cc1ccc(-c2cc(C(=O)O)cc(-c3ccccc3)[o+]2)cc1.[O-][Cl+3]([O-])([O-])[O-]. The molecule has 0 unspecified atom stereocenters. The number of hydrogen-bond acceptors (Lipinski definition) is 5. The van der Waals surface area contributed by atoms with Gasteiger partial charge in [0.2, 0.25) is 0 Å². The Morgan fingerprint density at radius 3 is 1.74 bits per heavy atom. The molecule has 0 saturated carbocycles. The van der Waals surface area contributed by atoms with Crippen LogP contribution < -0.4 is 18.6 Å². The highest BCUT2D eigenvalue weighted by atomic mass is 35.7. The van der Waals surface area contributed by atoms with Crippen molar-refractivity contribution >= 4 is 5.97 Å². The molecule has 0 saturated heterocycles. The second-order valence-electron chi connectivity index (χ2n) is 5.49. The molecule has 0 fully saturated rings. The minimum Gasteiger partial charge on any atom is -0.478 e. The van der Waals surface area contributed by atoms with Crippen LogP contribution in [0, 0.1) is 17.2 Å². The van der Waals surface area contributed by atoms with Crippen LogP contribution in [-0.4, -0.2) is 11.1 Å². The van der Waals surface area contributed by atoms with E-state index in [1.54, 1.807) is 12.1 Å². The highest BCUT2D eigenvalue weighted by molar-refractivity contribution is 5.90. The molecule has 0 bridgehead atoms. The van der Waals surface area contributed by atoms with Crippen LogP contribution in [-0.2, 0) is 0 Å². The van der Waals surface area contributed by atoms with Crippen molar-refractivity contribution in [3.63, 3.8) is 0 Å². The zero-order valence-corrected chi connectivity index (χ0v) is 14.9. The number of halogens is 1. The van der Waals surface area contributed by atoms with Crippen molar-refractivity contribution in [3.05, 3.63) is 77.9 Å². The summed E-state index contributed by atoms with van der Waals surface area (Å²) in [5, 5.41) is 9.33. The maximum Gasteiger partial charge on any atom is 0.361 e. The molecule has 3 rings (SSSR count). The fourth-order valence-electron chi connectivity index (χ4n) is 2.23. The Hall–Kier alpha value is -2.81. The third kappa shape index (κ3) is 6.78. The lowest BCUT2D eigenvalue weighted by Gasteiger charge is -2.17. The predicted octanol–water partition coefficient (Wildman–Crippen LogP) is 0.145. The number of aromatic carboxylic acids is 1. The van der Waals surface area contributed by atoms with Crippen LogP contribution in [0.5, 0.6) is 0 Å². The highest BCUT2D eigenvalue weighted by Crippen LogP contribution is 2.28. The van der Waals surface area contributed by atoms with E-state index in [0.717, 1.165) is 16.7 Å². The van der Waals surface area contributed by atoms with Gasteiger partial charge in [0, 0.05) is 0 Å². The summed E-state index contributed by atoms with van der Waals surface area (Å²) in [5.41, 5.74) is 3.05. The summed E-state index contributed by atoms with van der Waals surface area (Å²) in [6.07, 6.45) is 0. The second kappa shape index (κ2) is 8.72. The molecular weight excluding hydrogens is 376 g/mol. The summed E-state index contributed by atoms with van der Waals surface area (Å²) in [6.45, 7) is 2.00. The number of carbonyl (C=O) groups is 1. The molecule has 140 valence electrons. The first-order valence-electron chi connectivity index (χ1n) is 7.59. The molecule has 0 amide bonds. The first-order valence-corrected chi connectivity index (χ1v) is 8.82. The zero-order chi connectivity index (χ0) is 20.0. The quantitative estimate of drug-likeness (QED) is 0.627. The Kier molecular flexibility index (Phi) is 6.62. The summed E-state index contributed by atoms with van der Waals surface area (Å²) in [6, 6.07) is 20.4. The van der Waals surface area contributed by atoms with Crippen LogP contribution in [0.25, 0.3) is 22.6 Å². The van der Waals surface area contributed by atoms with Gasteiger partial charge >= 0.3 is 17.5 Å². The maximum absolute atomic E-state index is 11.4. The van der Waals surface area contributed by atoms with Crippen molar-refractivity contribution < 1.29 is 43.2 Å². The zero-order valence-electron chi connectivity index (χ0n) is 14.1. The summed E-state index contributed by atoms with van der Waals surface area (Å²) in [5.74, 6) is 0.108. The van der Waals surface area contributed by atoms with Gasteiger partial charge < -0.3 is 5.11 Å². The Morgan fingerprint density at radius 2 is 1.30 bits per heavy atom. The average Bonchev–Trinajstić information content (AvgIpc) is 2.61. The number of carboxylic acids is 1. The average molecular weight is 391 g/mol. The Morgan fingerprint density at radius 1 is 0.852 bits per heavy atom. The first kappa shape index (κ1) is 20.5. The molecule has 0 aliphatic carbocycles. The smallest absolute Gasteiger partial charge is 0.361 e. The van der Waals surface area contributed by atoms with E-state index in [9.17, 15) is 9.90 Å². The lowest BCUT2D eigenvalue weighted by Crippen LogP contribution is -2.68. The number of hydrogen-bond donors (Lipinski definition) is 1. The number of rotatable bonds is 3. The van der Waals surface area contributed by atoms with Crippen LogP contribution in [0.4, 0.5) is 0 Å². The van der Waals surface area contributed by atoms with Gasteiger partial charge in [-0.05, 0) is 31.2 Å². The Balaban J connectivity index is 0.000000465. The van der Waals surface area contributed by atoms with Crippen molar-refractivity contribution in [1.29, 1.82) is 0 Å². The molecule has 7 nitrogen and oxygen atoms in total. The normalized spacial score (nSPS) is 10.7. The third-order valence-electron chi connectivity index (χ3n) is 3.43. The van der Waals surface area contributed by atoms with Crippen LogP contribution in [0.2, 0.25) is 0 Å². The van der Waals surface area contributed by atoms with Gasteiger partial charge in [0.25, 0.3) is 0 Å². The van der Waals surface area contributed by atoms with E-state index in [0.29, 0.717) is 11.5 Å². The van der Waals surface area contributed by atoms with Crippen LogP contribution >= 0.6 is 0 Å². The Labute approximate surface area is 157 Å². The van der Waals surface area contributed by atoms with Gasteiger partial charge in [0.05, 0.1) is 28.8 Å². The predicted molar refractivity (Wildman–Crippen MR) is 85.7 cm³/mol.